The van der Waals surface area contributed by atoms with Crippen LogP contribution in [0.2, 0.25) is 0 Å². The van der Waals surface area contributed by atoms with Crippen molar-refractivity contribution in [3.63, 3.8) is 0 Å². The van der Waals surface area contributed by atoms with Crippen molar-refractivity contribution in [1.29, 1.82) is 0 Å². The van der Waals surface area contributed by atoms with Crippen LogP contribution in [0.15, 0.2) is 0 Å². The van der Waals surface area contributed by atoms with Gasteiger partial charge in [0.1, 0.15) is 0 Å². The summed E-state index contributed by atoms with van der Waals surface area (Å²) in [4.78, 5) is 49.5. The summed E-state index contributed by atoms with van der Waals surface area (Å²) in [7, 11) is -5.32. The van der Waals surface area contributed by atoms with Crippen LogP contribution in [-0.4, -0.2) is 48.2 Å². The van der Waals surface area contributed by atoms with E-state index in [0.717, 1.165) is 0 Å². The molecule has 19 heavy (non-hydrogen) atoms. The zero-order valence-corrected chi connectivity index (χ0v) is 13.5. The average Bonchev–Trinajstić information content (AvgIpc) is 2.08. The van der Waals surface area contributed by atoms with E-state index in [1.165, 1.54) is 0 Å². The van der Waals surface area contributed by atoms with Gasteiger partial charge < -0.3 is 37.5 Å². The summed E-state index contributed by atoms with van der Waals surface area (Å²) in [6, 6.07) is 0. The number of carbonyl (C=O) groups is 3. The van der Waals surface area contributed by atoms with Gasteiger partial charge in [0, 0.05) is 6.42 Å². The number of hydrogen-bond donors (Lipinski definition) is 5. The second kappa shape index (κ2) is 8.91. The Hall–Kier alpha value is -0.150. The predicted molar refractivity (Wildman–Crippen MR) is 51.5 cm³/mol. The molecule has 0 rings (SSSR count). The van der Waals surface area contributed by atoms with Crippen molar-refractivity contribution in [1.82, 2.24) is 0 Å². The second-order valence-corrected chi connectivity index (χ2v) is 5.29. The van der Waals surface area contributed by atoms with E-state index < -0.39 is 49.9 Å². The molecule has 0 spiro atoms. The van der Waals surface area contributed by atoms with Crippen molar-refractivity contribution in [2.45, 2.75) is 24.4 Å². The molecule has 0 saturated heterocycles. The van der Waals surface area contributed by atoms with Crippen LogP contribution in [0.4, 0.5) is 0 Å². The Morgan fingerprint density at radius 3 is 1.63 bits per heavy atom. The zero-order chi connectivity index (χ0) is 13.9. The summed E-state index contributed by atoms with van der Waals surface area (Å²) in [5.41, 5.74) is 0. The molecule has 12 heteroatoms. The first kappa shape index (κ1) is 23.9. The normalized spacial score (nSPS) is 13.4. The Kier molecular flexibility index (Phi) is 11.2. The molecule has 1 atom stereocenters. The largest absolute Gasteiger partial charge is 1.00 e. The third kappa shape index (κ3) is 6.71. The number of hydrogen-bond acceptors (Lipinski definition) is 4. The topological polar surface area (TPSA) is 169 Å². The Balaban J connectivity index is -0.00000128. The minimum atomic E-state index is -5.32. The van der Waals surface area contributed by atoms with Crippen LogP contribution in [0.25, 0.3) is 0 Å². The Morgan fingerprint density at radius 2 is 1.42 bits per heavy atom. The smallest absolute Gasteiger partial charge is 1.00 e. The molecule has 0 aromatic heterocycles. The molecule has 0 aromatic rings. The molecule has 0 saturated carbocycles. The van der Waals surface area contributed by atoms with E-state index in [0.29, 0.717) is 0 Å². The van der Waals surface area contributed by atoms with Crippen molar-refractivity contribution >= 4 is 25.5 Å². The number of halogens is 1. The molecular formula is C7H11ClNaO9P. The molecule has 0 bridgehead atoms. The van der Waals surface area contributed by atoms with Gasteiger partial charge in [-0.25, -0.2) is 0 Å². The molecule has 9 nitrogen and oxygen atoms in total. The summed E-state index contributed by atoms with van der Waals surface area (Å²) < 4.78 is 11.1. The summed E-state index contributed by atoms with van der Waals surface area (Å²) in [5, 5.41) is 22.7. The summed E-state index contributed by atoms with van der Waals surface area (Å²) >= 11 is 0. The van der Waals surface area contributed by atoms with Gasteiger partial charge in [-0.3, -0.25) is 18.9 Å². The molecule has 0 aliphatic heterocycles. The van der Waals surface area contributed by atoms with Crippen LogP contribution in [0.3, 0.4) is 0 Å². The van der Waals surface area contributed by atoms with Gasteiger partial charge >= 0.3 is 55.1 Å². The predicted octanol–water partition coefficient (Wildman–Crippen LogP) is -6.66. The minimum absolute atomic E-state index is 0. The summed E-state index contributed by atoms with van der Waals surface area (Å²) in [5.74, 6) is -5.25. The van der Waals surface area contributed by atoms with Crippen molar-refractivity contribution < 1.29 is 86.0 Å². The molecule has 0 aliphatic carbocycles. The van der Waals surface area contributed by atoms with Crippen LogP contribution in [0.1, 0.15) is 19.3 Å². The monoisotopic (exact) mass is 328 g/mol. The van der Waals surface area contributed by atoms with Crippen LogP contribution < -0.4 is 42.0 Å². The molecule has 0 aromatic carbocycles. The maximum Gasteiger partial charge on any atom is 1.00 e. The van der Waals surface area contributed by atoms with Crippen molar-refractivity contribution in [3.05, 3.63) is 0 Å². The number of carboxylic acid groups (broad SMARTS) is 3. The van der Waals surface area contributed by atoms with Crippen molar-refractivity contribution in [2.75, 3.05) is 0 Å². The van der Waals surface area contributed by atoms with Gasteiger partial charge in [0.15, 0.2) is 5.16 Å². The van der Waals surface area contributed by atoms with E-state index in [1.807, 2.05) is 0 Å². The van der Waals surface area contributed by atoms with Gasteiger partial charge in [0.2, 0.25) is 0 Å². The maximum atomic E-state index is 11.1. The van der Waals surface area contributed by atoms with E-state index in [9.17, 15) is 18.9 Å². The SMILES string of the molecule is O=C(O)CCC(CC(=O)O)(C(=O)O)P(=O)(O)O.[Cl-].[Na+]. The van der Waals surface area contributed by atoms with Gasteiger partial charge in [-0.2, -0.15) is 0 Å². The quantitative estimate of drug-likeness (QED) is 0.225. The average molecular weight is 329 g/mol. The van der Waals surface area contributed by atoms with Gasteiger partial charge in [0.05, 0.1) is 6.42 Å². The third-order valence-corrected chi connectivity index (χ3v) is 3.84. The first-order valence-electron chi connectivity index (χ1n) is 4.25. The van der Waals surface area contributed by atoms with Gasteiger partial charge in [-0.15, -0.1) is 0 Å². The Labute approximate surface area is 135 Å². The number of rotatable bonds is 7. The molecule has 106 valence electrons. The molecule has 0 fully saturated rings. The molecular weight excluding hydrogens is 317 g/mol. The first-order chi connectivity index (χ1) is 7.53. The van der Waals surface area contributed by atoms with Gasteiger partial charge in [-0.05, 0) is 6.42 Å². The van der Waals surface area contributed by atoms with Crippen LogP contribution >= 0.6 is 7.60 Å². The maximum absolute atomic E-state index is 11.1. The summed E-state index contributed by atoms with van der Waals surface area (Å²) in [6.45, 7) is 0. The minimum Gasteiger partial charge on any atom is -1.00 e. The summed E-state index contributed by atoms with van der Waals surface area (Å²) in [6.07, 6.45) is -3.17. The van der Waals surface area contributed by atoms with E-state index in [4.69, 9.17) is 25.1 Å². The first-order valence-corrected chi connectivity index (χ1v) is 5.87. The fraction of sp³-hybridized carbons (Fsp3) is 0.571. The van der Waals surface area contributed by atoms with Crippen LogP contribution in [0.5, 0.6) is 0 Å². The molecule has 0 aliphatic rings. The van der Waals surface area contributed by atoms with E-state index in [2.05, 4.69) is 0 Å². The zero-order valence-electron chi connectivity index (χ0n) is 9.82. The standard InChI is InChI=1S/C7H11O9P.ClH.Na/c8-4(9)1-2-7(6(12)13,3-5(10)11)17(14,15)16;;/h1-3H2,(H,8,9)(H,10,11)(H,12,13)(H2,14,15,16);1H;/q;;+1/p-1. The van der Waals surface area contributed by atoms with Gasteiger partial charge in [0.25, 0.3) is 0 Å². The number of carboxylic acids is 3. The fourth-order valence-electron chi connectivity index (χ4n) is 1.21. The van der Waals surface area contributed by atoms with Crippen LogP contribution in [0, 0.1) is 0 Å². The van der Waals surface area contributed by atoms with E-state index >= 15 is 0 Å². The molecule has 5 N–H and O–H groups in total. The second-order valence-electron chi connectivity index (χ2n) is 3.35. The van der Waals surface area contributed by atoms with Crippen LogP contribution in [-0.2, 0) is 18.9 Å². The van der Waals surface area contributed by atoms with E-state index in [1.54, 1.807) is 0 Å². The molecule has 1 unspecified atom stereocenters. The molecule has 0 radical (unpaired) electrons. The molecule has 0 heterocycles. The third-order valence-electron chi connectivity index (χ3n) is 2.15. The van der Waals surface area contributed by atoms with Crippen molar-refractivity contribution in [3.8, 4) is 0 Å². The van der Waals surface area contributed by atoms with Crippen molar-refractivity contribution in [2.24, 2.45) is 0 Å². The Bertz CT molecular complexity index is 394. The molecule has 0 amide bonds. The van der Waals surface area contributed by atoms with Gasteiger partial charge in [-0.1, -0.05) is 0 Å². The Morgan fingerprint density at radius 1 is 1.00 bits per heavy atom. The fourth-order valence-corrected chi connectivity index (χ4v) is 2.20. The number of aliphatic carboxylic acids is 3. The van der Waals surface area contributed by atoms with E-state index in [-0.39, 0.29) is 42.0 Å².